The van der Waals surface area contributed by atoms with Crippen LogP contribution in [0.15, 0.2) is 24.3 Å². The number of esters is 1. The van der Waals surface area contributed by atoms with E-state index < -0.39 is 0 Å². The van der Waals surface area contributed by atoms with Gasteiger partial charge in [0.2, 0.25) is 0 Å². The summed E-state index contributed by atoms with van der Waals surface area (Å²) in [5, 5.41) is 0. The van der Waals surface area contributed by atoms with E-state index in [1.54, 1.807) is 0 Å². The first-order valence-corrected chi connectivity index (χ1v) is 5.87. The van der Waals surface area contributed by atoms with Gasteiger partial charge in [-0.2, -0.15) is 0 Å². The molecule has 0 unspecified atom stereocenters. The topological polar surface area (TPSA) is 29.5 Å². The molecule has 1 saturated heterocycles. The van der Waals surface area contributed by atoms with Crippen LogP contribution in [-0.2, 0) is 9.53 Å². The van der Waals surface area contributed by atoms with Gasteiger partial charge in [-0.15, -0.1) is 0 Å². The van der Waals surface area contributed by atoms with Crippen molar-refractivity contribution >= 4 is 34.2 Å². The van der Waals surface area contributed by atoms with Crippen molar-refractivity contribution in [3.63, 3.8) is 0 Å². The molecule has 4 heteroatoms. The molecule has 0 amide bonds. The highest BCUT2D eigenvalue weighted by Crippen LogP contribution is 2.26. The first-order valence-electron chi connectivity index (χ1n) is 4.79. The fourth-order valence-electron chi connectivity index (χ4n) is 1.68. The fraction of sp³-hybridized carbons (Fsp3) is 0.364. The molecule has 0 atom stereocenters. The van der Waals surface area contributed by atoms with E-state index in [9.17, 15) is 4.79 Å². The number of carbonyl (C=O) groups excluding carboxylic acids is 1. The number of nitrogens with zero attached hydrogens (tertiary/aromatic N) is 1. The Kier molecular flexibility index (Phi) is 3.14. The van der Waals surface area contributed by atoms with Gasteiger partial charge in [-0.25, -0.2) is 0 Å². The first-order chi connectivity index (χ1) is 7.20. The molecular weight excluding hydrogens is 305 g/mol. The Balaban J connectivity index is 1.97. The highest BCUT2D eigenvalue weighted by Gasteiger charge is 2.33. The monoisotopic (exact) mass is 317 g/mol. The minimum atomic E-state index is -0.100. The SMILES string of the molecule is COC(=O)C1CN(c2cccc(I)c2)C1. The quantitative estimate of drug-likeness (QED) is 0.616. The molecule has 1 aliphatic heterocycles. The Morgan fingerprint density at radius 1 is 1.53 bits per heavy atom. The molecular formula is C11H12INO2. The van der Waals surface area contributed by atoms with E-state index in [0.29, 0.717) is 0 Å². The number of benzene rings is 1. The lowest BCUT2D eigenvalue weighted by Crippen LogP contribution is -2.50. The van der Waals surface area contributed by atoms with Gasteiger partial charge in [0.25, 0.3) is 0 Å². The largest absolute Gasteiger partial charge is 0.469 e. The summed E-state index contributed by atoms with van der Waals surface area (Å²) in [5.74, 6) is -0.0512. The number of carbonyl (C=O) groups is 1. The summed E-state index contributed by atoms with van der Waals surface area (Å²) in [6.07, 6.45) is 0. The molecule has 0 bridgehead atoms. The van der Waals surface area contributed by atoms with Crippen molar-refractivity contribution in [1.29, 1.82) is 0 Å². The van der Waals surface area contributed by atoms with Crippen LogP contribution in [0.5, 0.6) is 0 Å². The Hall–Kier alpha value is -0.780. The maximum atomic E-state index is 11.2. The Bertz CT molecular complexity index is 375. The van der Waals surface area contributed by atoms with Gasteiger partial charge in [-0.1, -0.05) is 6.07 Å². The lowest BCUT2D eigenvalue weighted by atomic mass is 9.99. The predicted octanol–water partition coefficient (Wildman–Crippen LogP) is 1.90. The van der Waals surface area contributed by atoms with E-state index in [4.69, 9.17) is 4.74 Å². The molecule has 15 heavy (non-hydrogen) atoms. The second-order valence-corrected chi connectivity index (χ2v) is 4.85. The molecule has 0 aliphatic carbocycles. The number of hydrogen-bond acceptors (Lipinski definition) is 3. The molecule has 0 aromatic heterocycles. The van der Waals surface area contributed by atoms with E-state index in [1.807, 2.05) is 6.07 Å². The number of hydrogen-bond donors (Lipinski definition) is 0. The van der Waals surface area contributed by atoms with Crippen LogP contribution in [-0.4, -0.2) is 26.2 Å². The lowest BCUT2D eigenvalue weighted by Gasteiger charge is -2.39. The third-order valence-electron chi connectivity index (χ3n) is 2.59. The van der Waals surface area contributed by atoms with Gasteiger partial charge in [-0.05, 0) is 40.8 Å². The van der Waals surface area contributed by atoms with Gasteiger partial charge in [0, 0.05) is 22.3 Å². The molecule has 1 aromatic rings. The third kappa shape index (κ3) is 2.25. The third-order valence-corrected chi connectivity index (χ3v) is 3.26. The Morgan fingerprint density at radius 3 is 2.87 bits per heavy atom. The predicted molar refractivity (Wildman–Crippen MR) is 66.9 cm³/mol. The van der Waals surface area contributed by atoms with Crippen molar-refractivity contribution in [3.8, 4) is 0 Å². The molecule has 80 valence electrons. The van der Waals surface area contributed by atoms with Crippen LogP contribution < -0.4 is 4.90 Å². The molecule has 1 heterocycles. The average molecular weight is 317 g/mol. The summed E-state index contributed by atoms with van der Waals surface area (Å²) in [6, 6.07) is 8.27. The van der Waals surface area contributed by atoms with Gasteiger partial charge in [-0.3, -0.25) is 4.79 Å². The zero-order chi connectivity index (χ0) is 10.8. The van der Waals surface area contributed by atoms with E-state index in [2.05, 4.69) is 45.7 Å². The van der Waals surface area contributed by atoms with E-state index in [0.717, 1.165) is 13.1 Å². The molecule has 0 radical (unpaired) electrons. The molecule has 1 aliphatic rings. The molecule has 3 nitrogen and oxygen atoms in total. The van der Waals surface area contributed by atoms with Crippen molar-refractivity contribution in [1.82, 2.24) is 0 Å². The van der Waals surface area contributed by atoms with Crippen LogP contribution in [0.1, 0.15) is 0 Å². The normalized spacial score (nSPS) is 16.0. The van der Waals surface area contributed by atoms with Crippen molar-refractivity contribution in [3.05, 3.63) is 27.8 Å². The molecule has 0 saturated carbocycles. The molecule has 1 aromatic carbocycles. The number of ether oxygens (including phenoxy) is 1. The highest BCUT2D eigenvalue weighted by molar-refractivity contribution is 14.1. The van der Waals surface area contributed by atoms with Crippen LogP contribution in [0.2, 0.25) is 0 Å². The maximum absolute atomic E-state index is 11.2. The standard InChI is InChI=1S/C11H12INO2/c1-15-11(14)8-6-13(7-8)10-4-2-3-9(12)5-10/h2-5,8H,6-7H2,1H3. The van der Waals surface area contributed by atoms with Crippen molar-refractivity contribution in [2.24, 2.45) is 5.92 Å². The molecule has 1 fully saturated rings. The van der Waals surface area contributed by atoms with Gasteiger partial charge in [0.15, 0.2) is 0 Å². The maximum Gasteiger partial charge on any atom is 0.312 e. The fourth-order valence-corrected chi connectivity index (χ4v) is 2.20. The highest BCUT2D eigenvalue weighted by atomic mass is 127. The van der Waals surface area contributed by atoms with E-state index >= 15 is 0 Å². The van der Waals surface area contributed by atoms with E-state index in [1.165, 1.54) is 16.4 Å². The second-order valence-electron chi connectivity index (χ2n) is 3.60. The van der Waals surface area contributed by atoms with Crippen molar-refractivity contribution < 1.29 is 9.53 Å². The lowest BCUT2D eigenvalue weighted by molar-refractivity contribution is -0.146. The number of anilines is 1. The summed E-state index contributed by atoms with van der Waals surface area (Å²) in [6.45, 7) is 1.54. The van der Waals surface area contributed by atoms with Crippen molar-refractivity contribution in [2.45, 2.75) is 0 Å². The van der Waals surface area contributed by atoms with Crippen LogP contribution in [0.4, 0.5) is 5.69 Å². The molecule has 0 spiro atoms. The Morgan fingerprint density at radius 2 is 2.27 bits per heavy atom. The summed E-state index contributed by atoms with van der Waals surface area (Å²) in [4.78, 5) is 13.4. The zero-order valence-electron chi connectivity index (χ0n) is 8.44. The van der Waals surface area contributed by atoms with E-state index in [-0.39, 0.29) is 11.9 Å². The smallest absolute Gasteiger partial charge is 0.312 e. The van der Waals surface area contributed by atoms with Gasteiger partial charge >= 0.3 is 5.97 Å². The summed E-state index contributed by atoms with van der Waals surface area (Å²) >= 11 is 2.29. The number of methoxy groups -OCH3 is 1. The van der Waals surface area contributed by atoms with Crippen LogP contribution in [0, 0.1) is 9.49 Å². The van der Waals surface area contributed by atoms with Crippen molar-refractivity contribution in [2.75, 3.05) is 25.1 Å². The van der Waals surface area contributed by atoms with Crippen LogP contribution in [0.25, 0.3) is 0 Å². The summed E-state index contributed by atoms with van der Waals surface area (Å²) in [5.41, 5.74) is 1.18. The Labute approximate surface area is 103 Å². The van der Waals surface area contributed by atoms with Crippen LogP contribution in [0.3, 0.4) is 0 Å². The number of rotatable bonds is 2. The minimum absolute atomic E-state index is 0.0490. The van der Waals surface area contributed by atoms with Crippen LogP contribution >= 0.6 is 22.6 Å². The van der Waals surface area contributed by atoms with Gasteiger partial charge < -0.3 is 9.64 Å². The first kappa shape index (κ1) is 10.7. The minimum Gasteiger partial charge on any atom is -0.469 e. The molecule has 2 rings (SSSR count). The summed E-state index contributed by atoms with van der Waals surface area (Å²) in [7, 11) is 1.44. The average Bonchev–Trinajstić information content (AvgIpc) is 2.15. The molecule has 0 N–H and O–H groups in total. The second kappa shape index (κ2) is 4.38. The van der Waals surface area contributed by atoms with Gasteiger partial charge in [0.1, 0.15) is 0 Å². The number of halogens is 1. The summed E-state index contributed by atoms with van der Waals surface area (Å²) < 4.78 is 5.91. The van der Waals surface area contributed by atoms with Gasteiger partial charge in [0.05, 0.1) is 13.0 Å². The zero-order valence-corrected chi connectivity index (χ0v) is 10.6.